The van der Waals surface area contributed by atoms with Crippen molar-refractivity contribution in [2.75, 3.05) is 61.5 Å². The molecule has 0 radical (unpaired) electrons. The maximum atomic E-state index is 12.0. The molecule has 0 spiro atoms. The lowest BCUT2D eigenvalue weighted by molar-refractivity contribution is -0.137. The summed E-state index contributed by atoms with van der Waals surface area (Å²) < 4.78 is 0. The summed E-state index contributed by atoms with van der Waals surface area (Å²) in [5.41, 5.74) is 2.22. The predicted octanol–water partition coefficient (Wildman–Crippen LogP) is 3.45. The lowest BCUT2D eigenvalue weighted by Crippen LogP contribution is -2.44. The molecule has 156 valence electrons. The van der Waals surface area contributed by atoms with Crippen LogP contribution >= 0.6 is 21.6 Å². The van der Waals surface area contributed by atoms with Crippen LogP contribution in [0.25, 0.3) is 0 Å². The van der Waals surface area contributed by atoms with Gasteiger partial charge in [0.2, 0.25) is 0 Å². The van der Waals surface area contributed by atoms with Crippen LogP contribution in [0.5, 0.6) is 0 Å². The Bertz CT molecular complexity index is 605. The van der Waals surface area contributed by atoms with Crippen LogP contribution in [0.4, 0.5) is 11.4 Å². The zero-order valence-electron chi connectivity index (χ0n) is 16.6. The molecule has 1 aromatic rings. The molecule has 8 heteroatoms. The van der Waals surface area contributed by atoms with E-state index in [1.165, 1.54) is 5.69 Å². The molecule has 0 atom stereocenters. The van der Waals surface area contributed by atoms with Crippen LogP contribution < -0.4 is 10.2 Å². The highest BCUT2D eigenvalue weighted by molar-refractivity contribution is 8.76. The van der Waals surface area contributed by atoms with Crippen molar-refractivity contribution in [2.24, 2.45) is 0 Å². The average Bonchev–Trinajstić information content (AvgIpc) is 2.69. The van der Waals surface area contributed by atoms with E-state index in [2.05, 4.69) is 34.3 Å². The lowest BCUT2D eigenvalue weighted by atomic mass is 10.2. The van der Waals surface area contributed by atoms with Gasteiger partial charge in [-0.15, -0.1) is 0 Å². The Morgan fingerprint density at radius 2 is 1.61 bits per heavy atom. The smallest absolute Gasteiger partial charge is 0.303 e. The summed E-state index contributed by atoms with van der Waals surface area (Å²) in [4.78, 5) is 27.2. The van der Waals surface area contributed by atoms with Crippen molar-refractivity contribution in [3.63, 3.8) is 0 Å². The van der Waals surface area contributed by atoms with Crippen LogP contribution in [0.1, 0.15) is 25.7 Å². The summed E-state index contributed by atoms with van der Waals surface area (Å²) in [7, 11) is 5.56. The number of carbonyl (C=O) groups excluding carboxylic acids is 1. The fourth-order valence-electron chi connectivity index (χ4n) is 2.87. The van der Waals surface area contributed by atoms with Gasteiger partial charge in [0.25, 0.3) is 0 Å². The van der Waals surface area contributed by atoms with Crippen molar-refractivity contribution >= 4 is 44.7 Å². The van der Waals surface area contributed by atoms with Gasteiger partial charge in [-0.05, 0) is 44.2 Å². The van der Waals surface area contributed by atoms with Crippen LogP contribution in [-0.2, 0) is 9.59 Å². The third kappa shape index (κ3) is 9.21. The molecular weight excluding hydrogens is 394 g/mol. The minimum Gasteiger partial charge on any atom is -0.481 e. The topological polar surface area (TPSA) is 72.9 Å². The molecule has 1 aliphatic heterocycles. The van der Waals surface area contributed by atoms with Crippen molar-refractivity contribution in [2.45, 2.75) is 25.7 Å². The first-order valence-electron chi connectivity index (χ1n) is 9.80. The summed E-state index contributed by atoms with van der Waals surface area (Å²) in [5, 5.41) is 11.8. The van der Waals surface area contributed by atoms with Crippen molar-refractivity contribution in [3.05, 3.63) is 24.3 Å². The lowest BCUT2D eigenvalue weighted by Gasteiger charge is -2.34. The minimum atomic E-state index is -0.738. The Hall–Kier alpha value is -1.38. The number of carboxylic acid groups (broad SMARTS) is 1. The van der Waals surface area contributed by atoms with Crippen LogP contribution in [-0.4, -0.2) is 73.0 Å². The van der Waals surface area contributed by atoms with Crippen molar-refractivity contribution in [3.8, 4) is 0 Å². The monoisotopic (exact) mass is 425 g/mol. The third-order valence-corrected chi connectivity index (χ3v) is 7.19. The Labute approximate surface area is 175 Å². The number of anilines is 2. The summed E-state index contributed by atoms with van der Waals surface area (Å²) in [6, 6.07) is 8.34. The highest BCUT2D eigenvalue weighted by Gasteiger charge is 2.14. The summed E-state index contributed by atoms with van der Waals surface area (Å²) >= 11 is 0. The van der Waals surface area contributed by atoms with Crippen molar-refractivity contribution in [1.82, 2.24) is 4.90 Å². The van der Waals surface area contributed by atoms with E-state index in [9.17, 15) is 9.59 Å². The van der Waals surface area contributed by atoms with E-state index in [4.69, 9.17) is 5.11 Å². The number of ketones is 1. The number of aliphatic carboxylic acids is 1. The van der Waals surface area contributed by atoms with Crippen LogP contribution in [0.15, 0.2) is 24.3 Å². The second-order valence-electron chi connectivity index (χ2n) is 6.97. The number of rotatable bonds is 13. The van der Waals surface area contributed by atoms with E-state index in [1.54, 1.807) is 21.6 Å². The van der Waals surface area contributed by atoms with E-state index in [0.717, 1.165) is 49.8 Å². The third-order valence-electron chi connectivity index (χ3n) is 4.61. The molecule has 1 aromatic carbocycles. The van der Waals surface area contributed by atoms with Gasteiger partial charge in [0.1, 0.15) is 0 Å². The van der Waals surface area contributed by atoms with E-state index in [1.807, 2.05) is 12.1 Å². The predicted molar refractivity (Wildman–Crippen MR) is 121 cm³/mol. The molecule has 2 rings (SSSR count). The van der Waals surface area contributed by atoms with Crippen LogP contribution in [0.2, 0.25) is 0 Å². The van der Waals surface area contributed by atoms with Crippen molar-refractivity contribution in [1.29, 1.82) is 0 Å². The molecular formula is C20H31N3O3S2. The number of nitrogens with one attached hydrogen (secondary N) is 1. The average molecular weight is 426 g/mol. The van der Waals surface area contributed by atoms with Gasteiger partial charge in [-0.1, -0.05) is 21.6 Å². The Morgan fingerprint density at radius 3 is 2.21 bits per heavy atom. The summed E-state index contributed by atoms with van der Waals surface area (Å²) in [6.45, 7) is 4.65. The number of Topliss-reactive ketones (excluding diaryl/α,β-unsaturated/α-hetero) is 1. The quantitative estimate of drug-likeness (QED) is 0.368. The molecule has 0 saturated carbocycles. The van der Waals surface area contributed by atoms with E-state index in [0.29, 0.717) is 19.4 Å². The maximum Gasteiger partial charge on any atom is 0.303 e. The van der Waals surface area contributed by atoms with E-state index < -0.39 is 5.97 Å². The maximum absolute atomic E-state index is 12.0. The summed E-state index contributed by atoms with van der Waals surface area (Å²) in [6.07, 6.45) is 2.37. The molecule has 0 aromatic heterocycles. The van der Waals surface area contributed by atoms with Gasteiger partial charge >= 0.3 is 5.97 Å². The Morgan fingerprint density at radius 1 is 1.00 bits per heavy atom. The van der Waals surface area contributed by atoms with Gasteiger partial charge in [-0.3, -0.25) is 9.59 Å². The van der Waals surface area contributed by atoms with E-state index in [-0.39, 0.29) is 12.2 Å². The summed E-state index contributed by atoms with van der Waals surface area (Å²) in [5.74, 6) is 1.25. The largest absolute Gasteiger partial charge is 0.481 e. The number of carbonyl (C=O) groups is 2. The Balaban J connectivity index is 1.54. The molecule has 1 aliphatic rings. The van der Waals surface area contributed by atoms with Crippen molar-refractivity contribution < 1.29 is 14.7 Å². The number of carboxylic acids is 1. The number of benzene rings is 1. The van der Waals surface area contributed by atoms with Crippen LogP contribution in [0, 0.1) is 0 Å². The molecule has 0 aliphatic carbocycles. The molecule has 0 bridgehead atoms. The highest BCUT2D eigenvalue weighted by atomic mass is 33.1. The second kappa shape index (κ2) is 13.0. The first-order valence-corrected chi connectivity index (χ1v) is 12.3. The number of likely N-dealkylation sites (N-methyl/N-ethyl adjacent to an activating group) is 1. The normalized spacial score (nSPS) is 14.8. The first kappa shape index (κ1) is 22.9. The van der Waals surface area contributed by atoms with Crippen LogP contribution in [0.3, 0.4) is 0 Å². The number of hydrogen-bond donors (Lipinski definition) is 2. The fraction of sp³-hybridized carbons (Fsp3) is 0.600. The number of hydrogen-bond acceptors (Lipinski definition) is 7. The van der Waals surface area contributed by atoms with E-state index >= 15 is 0 Å². The van der Waals surface area contributed by atoms with Gasteiger partial charge in [0.15, 0.2) is 5.78 Å². The molecule has 0 amide bonds. The molecule has 1 fully saturated rings. The zero-order valence-corrected chi connectivity index (χ0v) is 18.2. The molecule has 0 unspecified atom stereocenters. The molecule has 6 nitrogen and oxygen atoms in total. The fourth-order valence-corrected chi connectivity index (χ4v) is 5.05. The van der Waals surface area contributed by atoms with Gasteiger partial charge in [-0.25, -0.2) is 0 Å². The van der Waals surface area contributed by atoms with Gasteiger partial charge in [-0.2, -0.15) is 0 Å². The SMILES string of the molecule is CN1CCN(c2ccc(NCC(=O)CCCSSCCCC(=O)O)cc2)CC1. The standard InChI is InChI=1S/C20H31N3O3S2/c1-22-10-12-23(13-11-22)18-8-6-17(7-9-18)21-16-19(24)4-2-14-27-28-15-3-5-20(25)26/h6-9,21H,2-5,10-16H2,1H3,(H,25,26). The minimum absolute atomic E-state index is 0.222. The Kier molecular flexibility index (Phi) is 10.6. The number of nitrogens with zero attached hydrogens (tertiary/aromatic N) is 2. The second-order valence-corrected chi connectivity index (χ2v) is 9.68. The zero-order chi connectivity index (χ0) is 20.2. The molecule has 1 heterocycles. The molecule has 2 N–H and O–H groups in total. The van der Waals surface area contributed by atoms with Gasteiger partial charge < -0.3 is 20.2 Å². The molecule has 1 saturated heterocycles. The molecule has 28 heavy (non-hydrogen) atoms. The van der Waals surface area contributed by atoms with Gasteiger partial charge in [0.05, 0.1) is 6.54 Å². The number of piperazine rings is 1. The highest BCUT2D eigenvalue weighted by Crippen LogP contribution is 2.24. The first-order chi connectivity index (χ1) is 13.5. The van der Waals surface area contributed by atoms with Gasteiger partial charge in [0, 0.05) is 61.9 Å².